The lowest BCUT2D eigenvalue weighted by Gasteiger charge is -2.29. The van der Waals surface area contributed by atoms with E-state index in [4.69, 9.17) is 16.7 Å². The van der Waals surface area contributed by atoms with Crippen LogP contribution in [0.3, 0.4) is 0 Å². The molecule has 0 aliphatic carbocycles. The average molecular weight is 563 g/mol. The van der Waals surface area contributed by atoms with Gasteiger partial charge in [-0.2, -0.15) is 5.26 Å². The lowest BCUT2D eigenvalue weighted by atomic mass is 9.74. The molecule has 2 atom stereocenters. The van der Waals surface area contributed by atoms with Gasteiger partial charge in [0.05, 0.1) is 16.7 Å². The van der Waals surface area contributed by atoms with Crippen molar-refractivity contribution in [3.8, 4) is 6.07 Å². The number of nitrogens with zero attached hydrogens (tertiary/aromatic N) is 1. The standard InChI is InChI=1S/C31H28ClFN2O3S/c1-3-4-25(19-5-7-21(8-6-19)31(38)35-14-13-27(36)37)29(20-9-11-23(32)12-10-20)28-18(2)39-30-22(17-34)15-24(33)16-26(28)30/h5-12,15-16,25,29H,3-4,13-14H2,1-2H3,(H,35,38)(H,36,37). The van der Waals surface area contributed by atoms with Gasteiger partial charge in [0, 0.05) is 33.3 Å². The van der Waals surface area contributed by atoms with Crippen molar-refractivity contribution in [3.63, 3.8) is 0 Å². The first-order valence-corrected chi connectivity index (χ1v) is 13.9. The van der Waals surface area contributed by atoms with Crippen LogP contribution in [0.25, 0.3) is 10.1 Å². The second kappa shape index (κ2) is 12.4. The zero-order valence-electron chi connectivity index (χ0n) is 21.6. The second-order valence-electron chi connectivity index (χ2n) is 9.46. The van der Waals surface area contributed by atoms with Crippen molar-refractivity contribution in [2.75, 3.05) is 6.54 Å². The SMILES string of the molecule is CCCC(c1ccc(C(=O)NCCC(=O)O)cc1)C(c1ccc(Cl)cc1)c1c(C)sc2c(C#N)cc(F)cc12. The Labute approximate surface area is 235 Å². The van der Waals surface area contributed by atoms with E-state index in [2.05, 4.69) is 18.3 Å². The number of halogens is 2. The lowest BCUT2D eigenvalue weighted by Crippen LogP contribution is -2.26. The van der Waals surface area contributed by atoms with Crippen molar-refractivity contribution in [1.82, 2.24) is 5.32 Å². The molecule has 0 fully saturated rings. The van der Waals surface area contributed by atoms with Gasteiger partial charge in [-0.15, -0.1) is 11.3 Å². The van der Waals surface area contributed by atoms with Crippen LogP contribution in [0.2, 0.25) is 5.02 Å². The van der Waals surface area contributed by atoms with Crippen LogP contribution in [0.5, 0.6) is 0 Å². The van der Waals surface area contributed by atoms with Gasteiger partial charge in [0.2, 0.25) is 0 Å². The summed E-state index contributed by atoms with van der Waals surface area (Å²) in [5.41, 5.74) is 3.81. The van der Waals surface area contributed by atoms with Crippen LogP contribution >= 0.6 is 22.9 Å². The molecule has 0 spiro atoms. The van der Waals surface area contributed by atoms with Crippen LogP contribution in [0.1, 0.15) is 75.5 Å². The zero-order chi connectivity index (χ0) is 28.1. The lowest BCUT2D eigenvalue weighted by molar-refractivity contribution is -0.136. The van der Waals surface area contributed by atoms with E-state index < -0.39 is 11.8 Å². The predicted molar refractivity (Wildman–Crippen MR) is 153 cm³/mol. The van der Waals surface area contributed by atoms with Crippen LogP contribution < -0.4 is 5.32 Å². The monoisotopic (exact) mass is 562 g/mol. The van der Waals surface area contributed by atoms with Gasteiger partial charge in [-0.1, -0.05) is 49.2 Å². The van der Waals surface area contributed by atoms with Gasteiger partial charge in [0.1, 0.15) is 11.9 Å². The Kier molecular flexibility index (Phi) is 9.01. The smallest absolute Gasteiger partial charge is 0.305 e. The largest absolute Gasteiger partial charge is 0.481 e. The Morgan fingerprint density at radius 3 is 2.38 bits per heavy atom. The Hall–Kier alpha value is -3.73. The molecule has 0 bridgehead atoms. The Morgan fingerprint density at radius 2 is 1.77 bits per heavy atom. The highest BCUT2D eigenvalue weighted by atomic mass is 35.5. The normalized spacial score (nSPS) is 12.6. The topological polar surface area (TPSA) is 90.2 Å². The van der Waals surface area contributed by atoms with Crippen molar-refractivity contribution >= 4 is 44.9 Å². The molecule has 1 heterocycles. The van der Waals surface area contributed by atoms with E-state index in [1.807, 2.05) is 43.3 Å². The van der Waals surface area contributed by atoms with E-state index in [0.29, 0.717) is 16.1 Å². The fourth-order valence-electron chi connectivity index (χ4n) is 5.14. The fraction of sp³-hybridized carbons (Fsp3) is 0.258. The maximum atomic E-state index is 14.7. The number of carbonyl (C=O) groups excluding carboxylic acids is 1. The van der Waals surface area contributed by atoms with Crippen molar-refractivity contribution in [2.24, 2.45) is 0 Å². The zero-order valence-corrected chi connectivity index (χ0v) is 23.2. The highest BCUT2D eigenvalue weighted by Gasteiger charge is 2.31. The summed E-state index contributed by atoms with van der Waals surface area (Å²) in [6.07, 6.45) is 1.58. The molecular weight excluding hydrogens is 535 g/mol. The van der Waals surface area contributed by atoms with E-state index in [1.54, 1.807) is 12.1 Å². The van der Waals surface area contributed by atoms with E-state index >= 15 is 0 Å². The molecule has 0 saturated carbocycles. The molecule has 0 aliphatic heterocycles. The number of nitriles is 1. The Balaban J connectivity index is 1.82. The summed E-state index contributed by atoms with van der Waals surface area (Å²) in [7, 11) is 0. The minimum absolute atomic E-state index is 0.00870. The summed E-state index contributed by atoms with van der Waals surface area (Å²) in [5.74, 6) is -1.91. The van der Waals surface area contributed by atoms with Crippen LogP contribution in [-0.4, -0.2) is 23.5 Å². The number of benzene rings is 3. The summed E-state index contributed by atoms with van der Waals surface area (Å²) in [6, 6.07) is 20.0. The number of amides is 1. The van der Waals surface area contributed by atoms with Gasteiger partial charge in [-0.05, 0) is 72.4 Å². The quantitative estimate of drug-likeness (QED) is 0.206. The van der Waals surface area contributed by atoms with Gasteiger partial charge in [-0.25, -0.2) is 4.39 Å². The minimum Gasteiger partial charge on any atom is -0.481 e. The summed E-state index contributed by atoms with van der Waals surface area (Å²) in [5, 5.41) is 22.5. The summed E-state index contributed by atoms with van der Waals surface area (Å²) < 4.78 is 15.5. The third-order valence-electron chi connectivity index (χ3n) is 6.87. The number of fused-ring (bicyclic) bond motifs is 1. The number of carboxylic acid groups (broad SMARTS) is 1. The minimum atomic E-state index is -0.973. The molecule has 39 heavy (non-hydrogen) atoms. The Bertz CT molecular complexity index is 1540. The molecule has 0 radical (unpaired) electrons. The van der Waals surface area contributed by atoms with Crippen LogP contribution in [0.4, 0.5) is 4.39 Å². The van der Waals surface area contributed by atoms with E-state index in [1.165, 1.54) is 23.5 Å². The van der Waals surface area contributed by atoms with E-state index in [9.17, 15) is 19.2 Å². The molecule has 3 aromatic carbocycles. The molecule has 1 aromatic heterocycles. The number of aryl methyl sites for hydroxylation is 1. The molecule has 5 nitrogen and oxygen atoms in total. The predicted octanol–water partition coefficient (Wildman–Crippen LogP) is 7.79. The number of hydrogen-bond acceptors (Lipinski definition) is 4. The van der Waals surface area contributed by atoms with E-state index in [0.717, 1.165) is 44.5 Å². The Morgan fingerprint density at radius 1 is 1.10 bits per heavy atom. The number of carboxylic acids is 1. The highest BCUT2D eigenvalue weighted by molar-refractivity contribution is 7.19. The van der Waals surface area contributed by atoms with Crippen LogP contribution in [0, 0.1) is 24.1 Å². The fourth-order valence-corrected chi connectivity index (χ4v) is 6.42. The van der Waals surface area contributed by atoms with Gasteiger partial charge >= 0.3 is 5.97 Å². The number of aliphatic carboxylic acids is 1. The highest BCUT2D eigenvalue weighted by Crippen LogP contribution is 2.48. The van der Waals surface area contributed by atoms with Gasteiger partial charge in [0.25, 0.3) is 5.91 Å². The molecule has 0 saturated heterocycles. The molecule has 2 N–H and O–H groups in total. The average Bonchev–Trinajstić information content (AvgIpc) is 3.24. The van der Waals surface area contributed by atoms with Crippen molar-refractivity contribution in [1.29, 1.82) is 5.26 Å². The molecule has 2 unspecified atom stereocenters. The molecule has 4 rings (SSSR count). The van der Waals surface area contributed by atoms with E-state index in [-0.39, 0.29) is 30.7 Å². The number of nitrogens with one attached hydrogen (secondary N) is 1. The van der Waals surface area contributed by atoms with Gasteiger partial charge < -0.3 is 10.4 Å². The third kappa shape index (κ3) is 6.30. The van der Waals surface area contributed by atoms with Gasteiger partial charge in [0.15, 0.2) is 0 Å². The van der Waals surface area contributed by atoms with Crippen LogP contribution in [-0.2, 0) is 4.79 Å². The maximum absolute atomic E-state index is 14.7. The number of rotatable bonds is 10. The van der Waals surface area contributed by atoms with Crippen molar-refractivity contribution in [2.45, 2.75) is 44.9 Å². The molecule has 0 aliphatic rings. The van der Waals surface area contributed by atoms with Crippen molar-refractivity contribution < 1.29 is 19.1 Å². The first kappa shape index (κ1) is 28.3. The summed E-state index contributed by atoms with van der Waals surface area (Å²) in [6.45, 7) is 4.18. The van der Waals surface area contributed by atoms with Crippen molar-refractivity contribution in [3.05, 3.63) is 104 Å². The van der Waals surface area contributed by atoms with Crippen LogP contribution in [0.15, 0.2) is 60.7 Å². The molecular formula is C31H28ClFN2O3S. The molecule has 4 aromatic rings. The first-order chi connectivity index (χ1) is 18.7. The maximum Gasteiger partial charge on any atom is 0.305 e. The molecule has 1 amide bonds. The molecule has 200 valence electrons. The second-order valence-corrected chi connectivity index (χ2v) is 11.1. The van der Waals surface area contributed by atoms with Gasteiger partial charge in [-0.3, -0.25) is 9.59 Å². The number of carbonyl (C=O) groups is 2. The molecule has 8 heteroatoms. The number of hydrogen-bond donors (Lipinski definition) is 2. The number of thiophene rings is 1. The third-order valence-corrected chi connectivity index (χ3v) is 8.29. The summed E-state index contributed by atoms with van der Waals surface area (Å²) in [4.78, 5) is 24.3. The first-order valence-electron chi connectivity index (χ1n) is 12.7. The summed E-state index contributed by atoms with van der Waals surface area (Å²) >= 11 is 7.73.